The van der Waals surface area contributed by atoms with Crippen molar-refractivity contribution in [1.82, 2.24) is 10.2 Å². The third-order valence-corrected chi connectivity index (χ3v) is 5.57. The lowest BCUT2D eigenvalue weighted by Crippen LogP contribution is -2.38. The van der Waals surface area contributed by atoms with E-state index in [1.54, 1.807) is 17.9 Å². The van der Waals surface area contributed by atoms with Crippen LogP contribution in [0.25, 0.3) is 0 Å². The fourth-order valence-electron chi connectivity index (χ4n) is 3.84. The van der Waals surface area contributed by atoms with E-state index in [2.05, 4.69) is 5.32 Å². The van der Waals surface area contributed by atoms with Crippen molar-refractivity contribution in [2.75, 3.05) is 32.8 Å². The highest BCUT2D eigenvalue weighted by atomic mass is 19.4. The minimum Gasteiger partial charge on any atom is -0.490 e. The van der Waals surface area contributed by atoms with E-state index in [0.29, 0.717) is 18.1 Å². The first-order chi connectivity index (χ1) is 16.3. The molecule has 34 heavy (non-hydrogen) atoms. The lowest BCUT2D eigenvalue weighted by molar-refractivity contribution is -0.138. The fourth-order valence-corrected chi connectivity index (χ4v) is 3.84. The molecule has 0 spiro atoms. The number of carbonyl (C=O) groups excluding carboxylic acids is 2. The molecular formula is C25H29F3N2O4. The molecule has 2 aromatic rings. The molecule has 0 atom stereocenters. The van der Waals surface area contributed by atoms with Crippen LogP contribution in [0.15, 0.2) is 42.5 Å². The maximum Gasteiger partial charge on any atom is 0.416 e. The zero-order valence-corrected chi connectivity index (χ0v) is 19.1. The Hall–Kier alpha value is -3.23. The first-order valence-corrected chi connectivity index (χ1v) is 11.4. The van der Waals surface area contributed by atoms with Gasteiger partial charge >= 0.3 is 6.18 Å². The van der Waals surface area contributed by atoms with Crippen molar-refractivity contribution >= 4 is 11.8 Å². The molecule has 0 saturated carbocycles. The molecule has 0 radical (unpaired) electrons. The van der Waals surface area contributed by atoms with E-state index in [9.17, 15) is 22.8 Å². The molecule has 1 N–H and O–H groups in total. The van der Waals surface area contributed by atoms with E-state index < -0.39 is 17.6 Å². The Kier molecular flexibility index (Phi) is 8.79. The second-order valence-electron chi connectivity index (χ2n) is 7.99. The quantitative estimate of drug-likeness (QED) is 0.578. The minimum absolute atomic E-state index is 0.0402. The molecule has 1 fully saturated rings. The van der Waals surface area contributed by atoms with Gasteiger partial charge in [-0.1, -0.05) is 18.2 Å². The van der Waals surface area contributed by atoms with Gasteiger partial charge in [0.2, 0.25) is 0 Å². The third-order valence-electron chi connectivity index (χ3n) is 5.57. The third kappa shape index (κ3) is 6.88. The first-order valence-electron chi connectivity index (χ1n) is 11.4. The summed E-state index contributed by atoms with van der Waals surface area (Å²) in [6.45, 7) is 3.49. The van der Waals surface area contributed by atoms with Crippen LogP contribution in [-0.2, 0) is 17.4 Å². The van der Waals surface area contributed by atoms with Gasteiger partial charge in [-0.15, -0.1) is 0 Å². The number of hydrogen-bond acceptors (Lipinski definition) is 4. The highest BCUT2D eigenvalue weighted by Gasteiger charge is 2.32. The van der Waals surface area contributed by atoms with Crippen molar-refractivity contribution in [3.8, 4) is 11.5 Å². The molecule has 1 heterocycles. The summed E-state index contributed by atoms with van der Waals surface area (Å²) in [5, 5.41) is 2.64. The lowest BCUT2D eigenvalue weighted by atomic mass is 10.0. The molecule has 2 aromatic carbocycles. The van der Waals surface area contributed by atoms with Crippen LogP contribution in [0.1, 0.15) is 47.7 Å². The minimum atomic E-state index is -4.45. The van der Waals surface area contributed by atoms with Crippen molar-refractivity contribution in [3.05, 3.63) is 59.2 Å². The molecule has 3 rings (SSSR count). The smallest absolute Gasteiger partial charge is 0.416 e. The summed E-state index contributed by atoms with van der Waals surface area (Å²) >= 11 is 0. The number of benzene rings is 2. The Morgan fingerprint density at radius 1 is 1.00 bits per heavy atom. The Morgan fingerprint density at radius 2 is 1.74 bits per heavy atom. The first kappa shape index (κ1) is 25.4. The zero-order valence-electron chi connectivity index (χ0n) is 19.1. The van der Waals surface area contributed by atoms with Crippen LogP contribution in [-0.4, -0.2) is 49.6 Å². The molecule has 6 nitrogen and oxygen atoms in total. The maximum absolute atomic E-state index is 13.1. The normalized spacial score (nSPS) is 13.9. The summed E-state index contributed by atoms with van der Waals surface area (Å²) in [5.41, 5.74) is -0.307. The number of amides is 2. The SMILES string of the molecule is CCOc1cc(C(=O)NCCc2ccccc2C(F)(F)F)ccc1OCC(=O)N1CCCCC1. The van der Waals surface area contributed by atoms with Gasteiger partial charge < -0.3 is 19.7 Å². The van der Waals surface area contributed by atoms with E-state index in [1.165, 1.54) is 30.3 Å². The summed E-state index contributed by atoms with van der Waals surface area (Å²) in [7, 11) is 0. The molecule has 0 aromatic heterocycles. The van der Waals surface area contributed by atoms with Crippen molar-refractivity contribution < 1.29 is 32.2 Å². The summed E-state index contributed by atoms with van der Waals surface area (Å²) in [5.74, 6) is 0.136. The van der Waals surface area contributed by atoms with Crippen molar-refractivity contribution in [1.29, 1.82) is 0 Å². The molecular weight excluding hydrogens is 449 g/mol. The second kappa shape index (κ2) is 11.8. The van der Waals surface area contributed by atoms with E-state index in [-0.39, 0.29) is 36.6 Å². The van der Waals surface area contributed by atoms with Crippen LogP contribution in [0.3, 0.4) is 0 Å². The van der Waals surface area contributed by atoms with Crippen LogP contribution in [0.2, 0.25) is 0 Å². The number of ether oxygens (including phenoxy) is 2. The Bertz CT molecular complexity index is 988. The van der Waals surface area contributed by atoms with Gasteiger partial charge in [0.25, 0.3) is 11.8 Å². The number of carbonyl (C=O) groups is 2. The van der Waals surface area contributed by atoms with E-state index >= 15 is 0 Å². The standard InChI is InChI=1S/C25H29F3N2O4/c1-2-33-22-16-19(10-11-21(22)34-17-23(31)30-14-6-3-7-15-30)24(32)29-13-12-18-8-4-5-9-20(18)25(26,27)28/h4-5,8-11,16H,2-3,6-7,12-15,17H2,1H3,(H,29,32). The number of alkyl halides is 3. The monoisotopic (exact) mass is 478 g/mol. The predicted octanol–water partition coefficient (Wildman–Crippen LogP) is 4.47. The number of halogens is 3. The lowest BCUT2D eigenvalue weighted by Gasteiger charge is -2.26. The molecule has 184 valence electrons. The molecule has 0 bridgehead atoms. The Balaban J connectivity index is 1.59. The number of piperidine rings is 1. The van der Waals surface area contributed by atoms with Gasteiger partial charge in [0, 0.05) is 25.2 Å². The van der Waals surface area contributed by atoms with E-state index in [0.717, 1.165) is 38.4 Å². The van der Waals surface area contributed by atoms with Gasteiger partial charge in [-0.05, 0) is 62.4 Å². The Morgan fingerprint density at radius 3 is 2.44 bits per heavy atom. The highest BCUT2D eigenvalue weighted by molar-refractivity contribution is 5.94. The Labute approximate surface area is 197 Å². The number of rotatable bonds is 9. The predicted molar refractivity (Wildman–Crippen MR) is 121 cm³/mol. The second-order valence-corrected chi connectivity index (χ2v) is 7.99. The molecule has 1 saturated heterocycles. The van der Waals surface area contributed by atoms with Gasteiger partial charge in [-0.25, -0.2) is 0 Å². The molecule has 0 unspecified atom stereocenters. The van der Waals surface area contributed by atoms with Gasteiger partial charge in [-0.3, -0.25) is 9.59 Å². The number of hydrogen-bond donors (Lipinski definition) is 1. The maximum atomic E-state index is 13.1. The largest absolute Gasteiger partial charge is 0.490 e. The van der Waals surface area contributed by atoms with Crippen LogP contribution < -0.4 is 14.8 Å². The van der Waals surface area contributed by atoms with Crippen LogP contribution in [0.4, 0.5) is 13.2 Å². The number of likely N-dealkylation sites (tertiary alicyclic amines) is 1. The summed E-state index contributed by atoms with van der Waals surface area (Å²) in [4.78, 5) is 26.7. The topological polar surface area (TPSA) is 67.9 Å². The fraction of sp³-hybridized carbons (Fsp3) is 0.440. The van der Waals surface area contributed by atoms with Gasteiger partial charge in [0.05, 0.1) is 12.2 Å². The van der Waals surface area contributed by atoms with Crippen molar-refractivity contribution in [3.63, 3.8) is 0 Å². The van der Waals surface area contributed by atoms with Crippen LogP contribution in [0, 0.1) is 0 Å². The van der Waals surface area contributed by atoms with Gasteiger partial charge in [-0.2, -0.15) is 13.2 Å². The average molecular weight is 479 g/mol. The van der Waals surface area contributed by atoms with Gasteiger partial charge in [0.1, 0.15) is 0 Å². The summed E-state index contributed by atoms with van der Waals surface area (Å²) in [6.07, 6.45) is -1.31. The molecule has 1 aliphatic heterocycles. The van der Waals surface area contributed by atoms with Crippen molar-refractivity contribution in [2.45, 2.75) is 38.8 Å². The number of nitrogens with zero attached hydrogens (tertiary/aromatic N) is 1. The van der Waals surface area contributed by atoms with Crippen molar-refractivity contribution in [2.24, 2.45) is 0 Å². The summed E-state index contributed by atoms with van der Waals surface area (Å²) < 4.78 is 50.7. The molecule has 0 aliphatic carbocycles. The summed E-state index contributed by atoms with van der Waals surface area (Å²) in [6, 6.07) is 9.90. The van der Waals surface area contributed by atoms with E-state index in [1.807, 2.05) is 0 Å². The number of nitrogens with one attached hydrogen (secondary N) is 1. The zero-order chi connectivity index (χ0) is 24.6. The molecule has 9 heteroatoms. The molecule has 1 aliphatic rings. The van der Waals surface area contributed by atoms with Gasteiger partial charge in [0.15, 0.2) is 18.1 Å². The van der Waals surface area contributed by atoms with E-state index in [4.69, 9.17) is 9.47 Å². The van der Waals surface area contributed by atoms with Crippen LogP contribution in [0.5, 0.6) is 11.5 Å². The average Bonchev–Trinajstić information content (AvgIpc) is 2.83. The van der Waals surface area contributed by atoms with Crippen LogP contribution >= 0.6 is 0 Å². The highest BCUT2D eigenvalue weighted by Crippen LogP contribution is 2.32. The molecule has 2 amide bonds.